The summed E-state index contributed by atoms with van der Waals surface area (Å²) in [5.41, 5.74) is 2.81. The van der Waals surface area contributed by atoms with Crippen molar-refractivity contribution in [3.8, 4) is 0 Å². The summed E-state index contributed by atoms with van der Waals surface area (Å²) in [4.78, 5) is 39.7. The quantitative estimate of drug-likeness (QED) is 0.647. The van der Waals surface area contributed by atoms with E-state index in [9.17, 15) is 14.4 Å². The lowest BCUT2D eigenvalue weighted by Gasteiger charge is -2.34. The van der Waals surface area contributed by atoms with Gasteiger partial charge in [-0.2, -0.15) is 0 Å². The molecule has 3 N–H and O–H groups in total. The van der Waals surface area contributed by atoms with Crippen LogP contribution >= 0.6 is 11.6 Å². The number of urea groups is 1. The van der Waals surface area contributed by atoms with E-state index in [1.54, 1.807) is 17.0 Å². The van der Waals surface area contributed by atoms with Crippen LogP contribution in [0.15, 0.2) is 48.5 Å². The number of hydrogen-bond acceptors (Lipinski definition) is 3. The van der Waals surface area contributed by atoms with Gasteiger partial charge in [-0.3, -0.25) is 9.59 Å². The zero-order chi connectivity index (χ0) is 22.8. The Kier molecular flexibility index (Phi) is 6.37. The van der Waals surface area contributed by atoms with E-state index in [-0.39, 0.29) is 23.9 Å². The van der Waals surface area contributed by atoms with Crippen molar-refractivity contribution in [3.05, 3.63) is 64.7 Å². The van der Waals surface area contributed by atoms with Crippen LogP contribution in [0.3, 0.4) is 0 Å². The van der Waals surface area contributed by atoms with E-state index in [1.165, 1.54) is 5.56 Å². The fourth-order valence-electron chi connectivity index (χ4n) is 4.26. The Bertz CT molecular complexity index is 1010. The molecule has 0 aliphatic carbocycles. The molecule has 2 aromatic carbocycles. The van der Waals surface area contributed by atoms with E-state index < -0.39 is 12.1 Å². The number of hydrogen-bond donors (Lipinski definition) is 3. The topological polar surface area (TPSA) is 90.5 Å². The molecule has 0 unspecified atom stereocenters. The van der Waals surface area contributed by atoms with Crippen LogP contribution in [0.4, 0.5) is 10.5 Å². The van der Waals surface area contributed by atoms with E-state index in [4.69, 9.17) is 11.6 Å². The Hall–Kier alpha value is -3.06. The molecule has 2 aliphatic heterocycles. The number of fused-ring (bicyclic) bond motifs is 1. The third kappa shape index (κ3) is 4.88. The molecule has 0 saturated carbocycles. The largest absolute Gasteiger partial charge is 0.342 e. The van der Waals surface area contributed by atoms with Gasteiger partial charge in [0, 0.05) is 23.7 Å². The van der Waals surface area contributed by atoms with Crippen LogP contribution in [-0.4, -0.2) is 47.4 Å². The van der Waals surface area contributed by atoms with Crippen molar-refractivity contribution in [1.29, 1.82) is 0 Å². The van der Waals surface area contributed by atoms with E-state index in [0.29, 0.717) is 36.0 Å². The summed E-state index contributed by atoms with van der Waals surface area (Å²) in [5, 5.41) is 9.17. The Morgan fingerprint density at radius 2 is 1.81 bits per heavy atom. The summed E-state index contributed by atoms with van der Waals surface area (Å²) in [6, 6.07) is 13.1. The van der Waals surface area contributed by atoms with Crippen LogP contribution in [0.25, 0.3) is 0 Å². The highest BCUT2D eigenvalue weighted by Gasteiger charge is 2.46. The van der Waals surface area contributed by atoms with Crippen molar-refractivity contribution in [1.82, 2.24) is 15.5 Å². The predicted octanol–water partition coefficient (Wildman–Crippen LogP) is 3.30. The first-order chi connectivity index (χ1) is 15.3. The number of carbonyl (C=O) groups is 3. The summed E-state index contributed by atoms with van der Waals surface area (Å²) in [6.07, 6.45) is 0.793. The van der Waals surface area contributed by atoms with Gasteiger partial charge in [0.1, 0.15) is 12.1 Å². The van der Waals surface area contributed by atoms with Crippen molar-refractivity contribution in [2.75, 3.05) is 11.9 Å². The Morgan fingerprint density at radius 1 is 1.12 bits per heavy atom. The highest BCUT2D eigenvalue weighted by atomic mass is 35.5. The van der Waals surface area contributed by atoms with Crippen molar-refractivity contribution >= 4 is 35.1 Å². The highest BCUT2D eigenvalue weighted by Crippen LogP contribution is 2.24. The highest BCUT2D eigenvalue weighted by molar-refractivity contribution is 6.30. The molecule has 2 fully saturated rings. The Labute approximate surface area is 192 Å². The van der Waals surface area contributed by atoms with Crippen LogP contribution in [0.1, 0.15) is 37.3 Å². The van der Waals surface area contributed by atoms with E-state index in [2.05, 4.69) is 29.8 Å². The molecule has 0 radical (unpaired) electrons. The lowest BCUT2D eigenvalue weighted by Crippen LogP contribution is -2.61. The molecule has 2 saturated heterocycles. The van der Waals surface area contributed by atoms with Crippen molar-refractivity contribution in [2.45, 2.75) is 50.7 Å². The normalized spacial score (nSPS) is 22.5. The predicted molar refractivity (Wildman–Crippen MR) is 124 cm³/mol. The number of benzene rings is 2. The molecule has 32 heavy (non-hydrogen) atoms. The number of amides is 4. The summed E-state index contributed by atoms with van der Waals surface area (Å²) < 4.78 is 0. The molecule has 7 nitrogen and oxygen atoms in total. The first-order valence-corrected chi connectivity index (χ1v) is 11.2. The van der Waals surface area contributed by atoms with E-state index in [1.807, 2.05) is 36.4 Å². The van der Waals surface area contributed by atoms with Gasteiger partial charge in [0.2, 0.25) is 11.8 Å². The molecule has 168 valence electrons. The van der Waals surface area contributed by atoms with E-state index >= 15 is 0 Å². The van der Waals surface area contributed by atoms with E-state index in [0.717, 1.165) is 5.56 Å². The first kappa shape index (κ1) is 22.1. The van der Waals surface area contributed by atoms with Crippen molar-refractivity contribution in [3.63, 3.8) is 0 Å². The molecule has 2 heterocycles. The maximum Gasteiger partial charge on any atom is 0.319 e. The molecule has 0 spiro atoms. The fourth-order valence-corrected chi connectivity index (χ4v) is 4.39. The lowest BCUT2D eigenvalue weighted by atomic mass is 10.0. The second-order valence-electron chi connectivity index (χ2n) is 8.71. The molecule has 0 bridgehead atoms. The molecular formula is C24H27ClN4O3. The standard InChI is InChI=1S/C24H27ClN4O3/c1-14(2)16-5-9-18(10-6-16)26-24(32)27-19-12-21-22(30)28-20(23(31)29(21)13-19)11-15-3-7-17(25)8-4-15/h3-10,14,19-21H,11-13H2,1-2H3,(H,28,30)(H2,26,27,32)/t19-,20-,21-/m0/s1. The molecule has 4 amide bonds. The molecule has 4 rings (SSSR count). The van der Waals surface area contributed by atoms with Crippen LogP contribution < -0.4 is 16.0 Å². The van der Waals surface area contributed by atoms with Crippen LogP contribution in [0.5, 0.6) is 0 Å². The number of nitrogens with zero attached hydrogens (tertiary/aromatic N) is 1. The van der Waals surface area contributed by atoms with Crippen LogP contribution in [-0.2, 0) is 16.0 Å². The number of halogens is 1. The zero-order valence-electron chi connectivity index (χ0n) is 18.1. The summed E-state index contributed by atoms with van der Waals surface area (Å²) in [7, 11) is 0. The number of piperazine rings is 1. The van der Waals surface area contributed by atoms with Gasteiger partial charge in [-0.15, -0.1) is 0 Å². The minimum Gasteiger partial charge on any atom is -0.342 e. The van der Waals surface area contributed by atoms with Gasteiger partial charge in [0.15, 0.2) is 0 Å². The first-order valence-electron chi connectivity index (χ1n) is 10.8. The summed E-state index contributed by atoms with van der Waals surface area (Å²) in [6.45, 7) is 4.54. The molecule has 2 aromatic rings. The smallest absolute Gasteiger partial charge is 0.319 e. The van der Waals surface area contributed by atoms with Gasteiger partial charge in [-0.25, -0.2) is 4.79 Å². The number of nitrogens with one attached hydrogen (secondary N) is 3. The number of carbonyl (C=O) groups excluding carboxylic acids is 3. The Balaban J connectivity index is 1.34. The fraction of sp³-hybridized carbons (Fsp3) is 0.375. The SMILES string of the molecule is CC(C)c1ccc(NC(=O)N[C@H]2C[C@H]3C(=O)N[C@@H](Cc4ccc(Cl)cc4)C(=O)N3C2)cc1. The number of anilines is 1. The molecule has 3 atom stereocenters. The van der Waals surface area contributed by atoms with Crippen LogP contribution in [0.2, 0.25) is 5.02 Å². The number of rotatable bonds is 5. The lowest BCUT2D eigenvalue weighted by molar-refractivity contribution is -0.147. The maximum atomic E-state index is 13.0. The second kappa shape index (κ2) is 9.20. The second-order valence-corrected chi connectivity index (χ2v) is 9.14. The molecule has 2 aliphatic rings. The van der Waals surface area contributed by atoms with Gasteiger partial charge in [0.25, 0.3) is 0 Å². The Morgan fingerprint density at radius 3 is 2.47 bits per heavy atom. The third-order valence-corrected chi connectivity index (χ3v) is 6.28. The monoisotopic (exact) mass is 454 g/mol. The molecule has 8 heteroatoms. The average Bonchev–Trinajstić information content (AvgIpc) is 3.18. The van der Waals surface area contributed by atoms with Gasteiger partial charge < -0.3 is 20.9 Å². The van der Waals surface area contributed by atoms with Crippen molar-refractivity contribution in [2.24, 2.45) is 0 Å². The third-order valence-electron chi connectivity index (χ3n) is 6.02. The zero-order valence-corrected chi connectivity index (χ0v) is 18.9. The summed E-state index contributed by atoms with van der Waals surface area (Å²) >= 11 is 5.92. The maximum absolute atomic E-state index is 13.0. The van der Waals surface area contributed by atoms with Gasteiger partial charge in [0.05, 0.1) is 6.04 Å². The van der Waals surface area contributed by atoms with Crippen molar-refractivity contribution < 1.29 is 14.4 Å². The van der Waals surface area contributed by atoms with Gasteiger partial charge in [-0.05, 0) is 47.7 Å². The molecule has 0 aromatic heterocycles. The van der Waals surface area contributed by atoms with Crippen LogP contribution in [0, 0.1) is 0 Å². The minimum absolute atomic E-state index is 0.126. The minimum atomic E-state index is -0.619. The average molecular weight is 455 g/mol. The van der Waals surface area contributed by atoms with Gasteiger partial charge >= 0.3 is 6.03 Å². The summed E-state index contributed by atoms with van der Waals surface area (Å²) in [5.74, 6) is 0.108. The van der Waals surface area contributed by atoms with Gasteiger partial charge in [-0.1, -0.05) is 49.7 Å². The molecular weight excluding hydrogens is 428 g/mol.